The number of allylic oxidation sites excluding steroid dienone is 13. The molecule has 0 aliphatic rings. The maximum atomic E-state index is 12.5. The lowest BCUT2D eigenvalue weighted by Crippen LogP contribution is -2.30. The van der Waals surface area contributed by atoms with E-state index in [1.54, 1.807) is 0 Å². The summed E-state index contributed by atoms with van der Waals surface area (Å²) in [4.78, 5) is 25.0. The van der Waals surface area contributed by atoms with E-state index in [1.165, 1.54) is 70.6 Å². The van der Waals surface area contributed by atoms with Crippen molar-refractivity contribution in [3.8, 4) is 0 Å². The van der Waals surface area contributed by atoms with Gasteiger partial charge in [0.2, 0.25) is 0 Å². The lowest BCUT2D eigenvalue weighted by molar-refractivity contribution is -0.162. The van der Waals surface area contributed by atoms with Gasteiger partial charge in [0.05, 0.1) is 13.2 Å². The van der Waals surface area contributed by atoms with Crippen LogP contribution in [0.2, 0.25) is 0 Å². The number of rotatable bonds is 39. The molecule has 0 heterocycles. The Kier molecular flexibility index (Phi) is 42.1. The summed E-state index contributed by atoms with van der Waals surface area (Å²) >= 11 is 0. The Balaban J connectivity index is 4.20. The number of carbonyl (C=O) groups is 2. The van der Waals surface area contributed by atoms with Gasteiger partial charge < -0.3 is 14.2 Å². The van der Waals surface area contributed by atoms with E-state index in [1.807, 2.05) is 0 Å². The van der Waals surface area contributed by atoms with Gasteiger partial charge in [0, 0.05) is 12.8 Å². The highest BCUT2D eigenvalue weighted by Crippen LogP contribution is 2.12. The summed E-state index contributed by atoms with van der Waals surface area (Å²) in [5, 5.41) is 0. The molecule has 5 nitrogen and oxygen atoms in total. The summed E-state index contributed by atoms with van der Waals surface area (Å²) in [7, 11) is 0. The Labute approximate surface area is 333 Å². The second kappa shape index (κ2) is 44.5. The zero-order valence-electron chi connectivity index (χ0n) is 35.2. The number of ether oxygens (including phenoxy) is 3. The minimum absolute atomic E-state index is 0.0474. The summed E-state index contributed by atoms with van der Waals surface area (Å²) in [5.41, 5.74) is 0. The number of unbranched alkanes of at least 4 members (excludes halogenated alkanes) is 14. The van der Waals surface area contributed by atoms with Gasteiger partial charge in [-0.3, -0.25) is 9.59 Å². The molecule has 0 spiro atoms. The van der Waals surface area contributed by atoms with E-state index >= 15 is 0 Å². The summed E-state index contributed by atoms with van der Waals surface area (Å²) in [6, 6.07) is 0. The molecule has 54 heavy (non-hydrogen) atoms. The largest absolute Gasteiger partial charge is 0.462 e. The van der Waals surface area contributed by atoms with Crippen molar-refractivity contribution in [1.82, 2.24) is 0 Å². The van der Waals surface area contributed by atoms with Crippen LogP contribution < -0.4 is 0 Å². The molecular weight excluding hydrogens is 669 g/mol. The fourth-order valence-electron chi connectivity index (χ4n) is 5.66. The van der Waals surface area contributed by atoms with Crippen molar-refractivity contribution >= 4 is 11.9 Å². The SMILES string of the molecule is CC/C=C\C/C=C\C/C=C\C/C=C\C/C=C\CCOCC(COC(=O)CCCCCCCCC/C=C\C/C=C\CCCCC)OC(=O)CCCCCCC. The van der Waals surface area contributed by atoms with E-state index in [-0.39, 0.29) is 25.2 Å². The maximum Gasteiger partial charge on any atom is 0.306 e. The molecular formula is C49H82O5. The molecule has 0 amide bonds. The molecule has 1 unspecified atom stereocenters. The van der Waals surface area contributed by atoms with E-state index in [4.69, 9.17) is 14.2 Å². The van der Waals surface area contributed by atoms with Gasteiger partial charge in [0.1, 0.15) is 6.61 Å². The van der Waals surface area contributed by atoms with Crippen LogP contribution in [0.3, 0.4) is 0 Å². The van der Waals surface area contributed by atoms with E-state index in [2.05, 4.69) is 106 Å². The average molecular weight is 751 g/mol. The van der Waals surface area contributed by atoms with Gasteiger partial charge in [0.15, 0.2) is 6.10 Å². The van der Waals surface area contributed by atoms with E-state index < -0.39 is 6.10 Å². The van der Waals surface area contributed by atoms with Crippen LogP contribution in [0.15, 0.2) is 85.1 Å². The van der Waals surface area contributed by atoms with Crippen LogP contribution in [-0.4, -0.2) is 37.9 Å². The monoisotopic (exact) mass is 751 g/mol. The van der Waals surface area contributed by atoms with Crippen molar-refractivity contribution in [3.05, 3.63) is 85.1 Å². The highest BCUT2D eigenvalue weighted by molar-refractivity contribution is 5.70. The summed E-state index contributed by atoms with van der Waals surface area (Å²) < 4.78 is 17.1. The number of hydrogen-bond donors (Lipinski definition) is 0. The van der Waals surface area contributed by atoms with E-state index in [0.29, 0.717) is 19.4 Å². The average Bonchev–Trinajstić information content (AvgIpc) is 3.17. The summed E-state index contributed by atoms with van der Waals surface area (Å²) in [6.45, 7) is 7.38. The molecule has 0 saturated carbocycles. The summed E-state index contributed by atoms with van der Waals surface area (Å²) in [5.74, 6) is -0.465. The zero-order chi connectivity index (χ0) is 39.3. The van der Waals surface area contributed by atoms with Crippen LogP contribution in [0, 0.1) is 0 Å². The maximum absolute atomic E-state index is 12.5. The molecule has 5 heteroatoms. The third-order valence-electron chi connectivity index (χ3n) is 8.93. The molecule has 0 radical (unpaired) electrons. The lowest BCUT2D eigenvalue weighted by atomic mass is 10.1. The first-order valence-electron chi connectivity index (χ1n) is 22.1. The van der Waals surface area contributed by atoms with Crippen molar-refractivity contribution in [2.24, 2.45) is 0 Å². The molecule has 1 atom stereocenters. The fourth-order valence-corrected chi connectivity index (χ4v) is 5.66. The Morgan fingerprint density at radius 1 is 0.426 bits per heavy atom. The molecule has 0 rings (SSSR count). The Morgan fingerprint density at radius 2 is 0.833 bits per heavy atom. The second-order valence-electron chi connectivity index (χ2n) is 14.2. The topological polar surface area (TPSA) is 61.8 Å². The van der Waals surface area contributed by atoms with Crippen LogP contribution in [0.1, 0.15) is 188 Å². The van der Waals surface area contributed by atoms with Crippen molar-refractivity contribution in [2.75, 3.05) is 19.8 Å². The predicted molar refractivity (Wildman–Crippen MR) is 233 cm³/mol. The first-order chi connectivity index (χ1) is 26.6. The van der Waals surface area contributed by atoms with Gasteiger partial charge in [0.25, 0.3) is 0 Å². The van der Waals surface area contributed by atoms with Crippen molar-refractivity contribution in [2.45, 2.75) is 194 Å². The fraction of sp³-hybridized carbons (Fsp3) is 0.673. The van der Waals surface area contributed by atoms with Gasteiger partial charge in [-0.15, -0.1) is 0 Å². The quantitative estimate of drug-likeness (QED) is 0.0356. The molecule has 0 aliphatic heterocycles. The zero-order valence-corrected chi connectivity index (χ0v) is 35.2. The molecule has 0 aliphatic carbocycles. The number of carbonyl (C=O) groups excluding carboxylic acids is 2. The standard InChI is InChI=1S/C49H82O5/c1-4-7-10-13-15-17-19-21-23-25-26-28-30-32-34-37-39-42-48(50)53-46-47(54-49(51)43-40-36-12-9-6-3)45-52-44-41-38-35-33-31-29-27-24-22-20-18-16-14-11-8-5-2/h8,11,15-18,21-24,29,31,35,38,47H,4-7,9-10,12-14,19-20,25-28,30,32-34,36-37,39-46H2,1-3H3/b11-8-,17-15-,18-16-,23-21-,24-22-,31-29-,38-35-. The molecule has 0 bridgehead atoms. The molecule has 0 aromatic carbocycles. The molecule has 0 saturated heterocycles. The van der Waals surface area contributed by atoms with Gasteiger partial charge >= 0.3 is 11.9 Å². The van der Waals surface area contributed by atoms with Crippen molar-refractivity contribution in [3.63, 3.8) is 0 Å². The minimum atomic E-state index is -0.577. The van der Waals surface area contributed by atoms with Crippen LogP contribution >= 0.6 is 0 Å². The van der Waals surface area contributed by atoms with Gasteiger partial charge in [-0.05, 0) is 83.5 Å². The Morgan fingerprint density at radius 3 is 1.37 bits per heavy atom. The normalized spacial score (nSPS) is 13.0. The minimum Gasteiger partial charge on any atom is -0.462 e. The second-order valence-corrected chi connectivity index (χ2v) is 14.2. The van der Waals surface area contributed by atoms with E-state index in [9.17, 15) is 9.59 Å². The molecule has 0 aromatic heterocycles. The first kappa shape index (κ1) is 51.1. The van der Waals surface area contributed by atoms with Crippen molar-refractivity contribution in [1.29, 1.82) is 0 Å². The number of hydrogen-bond acceptors (Lipinski definition) is 5. The Hall–Kier alpha value is -2.92. The third-order valence-corrected chi connectivity index (χ3v) is 8.93. The first-order valence-corrected chi connectivity index (χ1v) is 22.1. The number of esters is 2. The van der Waals surface area contributed by atoms with Crippen molar-refractivity contribution < 1.29 is 23.8 Å². The molecule has 0 fully saturated rings. The molecule has 308 valence electrons. The van der Waals surface area contributed by atoms with Crippen LogP contribution in [0.4, 0.5) is 0 Å². The molecule has 0 aromatic rings. The van der Waals surface area contributed by atoms with Gasteiger partial charge in [-0.1, -0.05) is 176 Å². The third kappa shape index (κ3) is 41.8. The Bertz CT molecular complexity index is 1030. The lowest BCUT2D eigenvalue weighted by Gasteiger charge is -2.18. The van der Waals surface area contributed by atoms with Crippen LogP contribution in [0.25, 0.3) is 0 Å². The van der Waals surface area contributed by atoms with Crippen LogP contribution in [-0.2, 0) is 23.8 Å². The highest BCUT2D eigenvalue weighted by Gasteiger charge is 2.17. The van der Waals surface area contributed by atoms with E-state index in [0.717, 1.165) is 83.5 Å². The summed E-state index contributed by atoms with van der Waals surface area (Å²) in [6.07, 6.45) is 57.7. The highest BCUT2D eigenvalue weighted by atomic mass is 16.6. The predicted octanol–water partition coefficient (Wildman–Crippen LogP) is 14.6. The molecule has 0 N–H and O–H groups in total. The smallest absolute Gasteiger partial charge is 0.306 e. The van der Waals surface area contributed by atoms with Gasteiger partial charge in [-0.25, -0.2) is 0 Å². The van der Waals surface area contributed by atoms with Gasteiger partial charge in [-0.2, -0.15) is 0 Å². The van der Waals surface area contributed by atoms with Crippen LogP contribution in [0.5, 0.6) is 0 Å².